The molecule has 0 bridgehead atoms. The first-order valence-corrected chi connectivity index (χ1v) is 9.08. The molecule has 6 heteroatoms. The third-order valence-corrected chi connectivity index (χ3v) is 4.10. The second kappa shape index (κ2) is 9.75. The molecule has 0 atom stereocenters. The maximum Gasteiger partial charge on any atom is 0.254 e. The van der Waals surface area contributed by atoms with Gasteiger partial charge in [-0.3, -0.25) is 9.59 Å². The number of rotatable bonds is 9. The van der Waals surface area contributed by atoms with Gasteiger partial charge in [-0.1, -0.05) is 49.0 Å². The van der Waals surface area contributed by atoms with Gasteiger partial charge in [-0.15, -0.1) is 0 Å². The molecule has 0 saturated heterocycles. The highest BCUT2D eigenvalue weighted by atomic mass is 16.5. The van der Waals surface area contributed by atoms with E-state index in [1.807, 2.05) is 19.1 Å². The topological polar surface area (TPSA) is 75.4 Å². The minimum absolute atomic E-state index is 0.00918. The second-order valence-corrected chi connectivity index (χ2v) is 6.52. The summed E-state index contributed by atoms with van der Waals surface area (Å²) in [6.07, 6.45) is 4.16. The summed E-state index contributed by atoms with van der Waals surface area (Å²) in [6.45, 7) is 6.42. The minimum Gasteiger partial charge on any atom is -0.360 e. The molecule has 0 spiro atoms. The Bertz CT molecular complexity index is 722. The first-order valence-electron chi connectivity index (χ1n) is 9.08. The zero-order chi connectivity index (χ0) is 18.9. The number of carbonyl (C=O) groups is 2. The number of aromatic nitrogens is 1. The summed E-state index contributed by atoms with van der Waals surface area (Å²) >= 11 is 0. The van der Waals surface area contributed by atoms with E-state index in [0.29, 0.717) is 23.7 Å². The smallest absolute Gasteiger partial charge is 0.254 e. The Morgan fingerprint density at radius 1 is 1.12 bits per heavy atom. The van der Waals surface area contributed by atoms with Crippen LogP contribution in [0.1, 0.15) is 54.3 Å². The number of anilines is 1. The Morgan fingerprint density at radius 2 is 1.85 bits per heavy atom. The number of amides is 2. The highest BCUT2D eigenvalue weighted by molar-refractivity contribution is 5.99. The summed E-state index contributed by atoms with van der Waals surface area (Å²) in [6, 6.07) is 9.05. The monoisotopic (exact) mass is 357 g/mol. The average molecular weight is 357 g/mol. The molecule has 1 aromatic heterocycles. The molecule has 6 nitrogen and oxygen atoms in total. The van der Waals surface area contributed by atoms with Crippen LogP contribution in [0.3, 0.4) is 0 Å². The van der Waals surface area contributed by atoms with E-state index in [1.54, 1.807) is 30.0 Å². The lowest BCUT2D eigenvalue weighted by atomic mass is 10.1. The van der Waals surface area contributed by atoms with E-state index in [4.69, 9.17) is 4.52 Å². The SMILES string of the molecule is CCCCCCN(CC(=O)Nc1cc(C)on1)C(=O)c1ccc(C)cc1. The van der Waals surface area contributed by atoms with E-state index < -0.39 is 0 Å². The molecule has 0 radical (unpaired) electrons. The summed E-state index contributed by atoms with van der Waals surface area (Å²) in [5.74, 6) is 0.566. The summed E-state index contributed by atoms with van der Waals surface area (Å²) in [5, 5.41) is 6.42. The molecule has 140 valence electrons. The van der Waals surface area contributed by atoms with Gasteiger partial charge < -0.3 is 14.7 Å². The predicted octanol–water partition coefficient (Wildman–Crippen LogP) is 3.95. The molecule has 0 unspecified atom stereocenters. The van der Waals surface area contributed by atoms with Gasteiger partial charge in [0.2, 0.25) is 5.91 Å². The van der Waals surface area contributed by atoms with Gasteiger partial charge in [-0.25, -0.2) is 0 Å². The van der Waals surface area contributed by atoms with E-state index in [2.05, 4.69) is 17.4 Å². The van der Waals surface area contributed by atoms with Crippen molar-refractivity contribution in [1.82, 2.24) is 10.1 Å². The predicted molar refractivity (Wildman–Crippen MR) is 101 cm³/mol. The normalized spacial score (nSPS) is 10.6. The van der Waals surface area contributed by atoms with Crippen LogP contribution in [-0.2, 0) is 4.79 Å². The lowest BCUT2D eigenvalue weighted by Gasteiger charge is -2.22. The number of benzene rings is 1. The summed E-state index contributed by atoms with van der Waals surface area (Å²) in [7, 11) is 0. The van der Waals surface area contributed by atoms with Crippen LogP contribution in [0.2, 0.25) is 0 Å². The number of hydrogen-bond acceptors (Lipinski definition) is 4. The fourth-order valence-electron chi connectivity index (χ4n) is 2.64. The van der Waals surface area contributed by atoms with E-state index in [1.165, 1.54) is 0 Å². The van der Waals surface area contributed by atoms with Crippen molar-refractivity contribution in [1.29, 1.82) is 0 Å². The maximum atomic E-state index is 12.8. The van der Waals surface area contributed by atoms with Crippen LogP contribution in [-0.4, -0.2) is 35.0 Å². The summed E-state index contributed by atoms with van der Waals surface area (Å²) in [5.41, 5.74) is 1.69. The molecule has 26 heavy (non-hydrogen) atoms. The molecule has 0 aliphatic carbocycles. The van der Waals surface area contributed by atoms with Gasteiger partial charge in [-0.2, -0.15) is 0 Å². The van der Waals surface area contributed by atoms with E-state index >= 15 is 0 Å². The van der Waals surface area contributed by atoms with Crippen LogP contribution in [0.25, 0.3) is 0 Å². The third kappa shape index (κ3) is 6.02. The fraction of sp³-hybridized carbons (Fsp3) is 0.450. The fourth-order valence-corrected chi connectivity index (χ4v) is 2.64. The molecule has 1 heterocycles. The van der Waals surface area contributed by atoms with Crippen molar-refractivity contribution in [3.05, 3.63) is 47.2 Å². The molecule has 2 aromatic rings. The van der Waals surface area contributed by atoms with Crippen LogP contribution < -0.4 is 5.32 Å². The van der Waals surface area contributed by atoms with Gasteiger partial charge in [0.1, 0.15) is 12.3 Å². The Morgan fingerprint density at radius 3 is 2.46 bits per heavy atom. The van der Waals surface area contributed by atoms with Crippen LogP contribution in [0.5, 0.6) is 0 Å². The molecule has 1 N–H and O–H groups in total. The van der Waals surface area contributed by atoms with Crippen molar-refractivity contribution in [3.8, 4) is 0 Å². The van der Waals surface area contributed by atoms with Crippen molar-refractivity contribution >= 4 is 17.6 Å². The lowest BCUT2D eigenvalue weighted by Crippen LogP contribution is -2.38. The molecule has 0 saturated carbocycles. The number of hydrogen-bond donors (Lipinski definition) is 1. The Kier molecular flexibility index (Phi) is 7.38. The van der Waals surface area contributed by atoms with Gasteiger partial charge in [0.05, 0.1) is 0 Å². The van der Waals surface area contributed by atoms with Gasteiger partial charge in [0, 0.05) is 18.2 Å². The Hall–Kier alpha value is -2.63. The van der Waals surface area contributed by atoms with Gasteiger partial charge in [0.15, 0.2) is 5.82 Å². The van der Waals surface area contributed by atoms with Crippen LogP contribution in [0.15, 0.2) is 34.9 Å². The van der Waals surface area contributed by atoms with Crippen LogP contribution in [0, 0.1) is 13.8 Å². The first-order chi connectivity index (χ1) is 12.5. The molecule has 0 aliphatic heterocycles. The molecule has 0 aliphatic rings. The highest BCUT2D eigenvalue weighted by Gasteiger charge is 2.19. The van der Waals surface area contributed by atoms with E-state index in [0.717, 1.165) is 31.2 Å². The van der Waals surface area contributed by atoms with E-state index in [9.17, 15) is 9.59 Å². The molecule has 2 rings (SSSR count). The largest absolute Gasteiger partial charge is 0.360 e. The zero-order valence-electron chi connectivity index (χ0n) is 15.7. The third-order valence-electron chi connectivity index (χ3n) is 4.10. The Labute approximate surface area is 154 Å². The van der Waals surface area contributed by atoms with Crippen molar-refractivity contribution in [3.63, 3.8) is 0 Å². The second-order valence-electron chi connectivity index (χ2n) is 6.52. The quantitative estimate of drug-likeness (QED) is 0.690. The molecular weight excluding hydrogens is 330 g/mol. The lowest BCUT2D eigenvalue weighted by molar-refractivity contribution is -0.117. The average Bonchev–Trinajstić information content (AvgIpc) is 3.02. The van der Waals surface area contributed by atoms with Gasteiger partial charge >= 0.3 is 0 Å². The number of aryl methyl sites for hydroxylation is 2. The zero-order valence-corrected chi connectivity index (χ0v) is 15.7. The van der Waals surface area contributed by atoms with Crippen molar-refractivity contribution < 1.29 is 14.1 Å². The minimum atomic E-state index is -0.283. The van der Waals surface area contributed by atoms with Crippen LogP contribution >= 0.6 is 0 Å². The van der Waals surface area contributed by atoms with Crippen molar-refractivity contribution in [2.24, 2.45) is 0 Å². The number of unbranched alkanes of at least 4 members (excludes halogenated alkanes) is 3. The highest BCUT2D eigenvalue weighted by Crippen LogP contribution is 2.11. The molecular formula is C20H27N3O3. The standard InChI is InChI=1S/C20H27N3O3/c1-4-5-6-7-12-23(20(25)17-10-8-15(2)9-11-17)14-19(24)21-18-13-16(3)26-22-18/h8-11,13H,4-7,12,14H2,1-3H3,(H,21,22,24). The molecule has 1 aromatic carbocycles. The molecule has 0 fully saturated rings. The number of carbonyl (C=O) groups excluding carboxylic acids is 2. The Balaban J connectivity index is 2.02. The van der Waals surface area contributed by atoms with Crippen LogP contribution in [0.4, 0.5) is 5.82 Å². The number of nitrogens with zero attached hydrogens (tertiary/aromatic N) is 2. The summed E-state index contributed by atoms with van der Waals surface area (Å²) < 4.78 is 4.94. The van der Waals surface area contributed by atoms with Crippen molar-refractivity contribution in [2.45, 2.75) is 46.5 Å². The van der Waals surface area contributed by atoms with Gasteiger partial charge in [-0.05, 0) is 32.4 Å². The maximum absolute atomic E-state index is 12.8. The van der Waals surface area contributed by atoms with Crippen molar-refractivity contribution in [2.75, 3.05) is 18.4 Å². The first kappa shape index (κ1) is 19.7. The number of nitrogens with one attached hydrogen (secondary N) is 1. The van der Waals surface area contributed by atoms with E-state index in [-0.39, 0.29) is 18.4 Å². The summed E-state index contributed by atoms with van der Waals surface area (Å²) in [4.78, 5) is 26.7. The molecule has 2 amide bonds. The van der Waals surface area contributed by atoms with Gasteiger partial charge in [0.25, 0.3) is 5.91 Å².